The fourth-order valence-corrected chi connectivity index (χ4v) is 3.18. The summed E-state index contributed by atoms with van der Waals surface area (Å²) in [4.78, 5) is 24.3. The van der Waals surface area contributed by atoms with Crippen molar-refractivity contribution in [2.75, 3.05) is 5.32 Å². The number of aryl methyl sites for hydroxylation is 1. The summed E-state index contributed by atoms with van der Waals surface area (Å²) in [5, 5.41) is 6.91. The molecule has 0 bridgehead atoms. The number of nitrogens with one attached hydrogen (secondary N) is 2. The third-order valence-electron chi connectivity index (χ3n) is 4.54. The molecule has 1 aliphatic rings. The van der Waals surface area contributed by atoms with E-state index in [4.69, 9.17) is 0 Å². The number of rotatable bonds is 5. The van der Waals surface area contributed by atoms with Gasteiger partial charge in [-0.15, -0.1) is 0 Å². The molecule has 3 rings (SSSR count). The molecule has 0 aromatic heterocycles. The SMILES string of the molecule is C/C(CC(=O)Nc1cccc2c1CCCC2)=N\NC(=O)c1ccc(F)cc1. The second-order valence-corrected chi connectivity index (χ2v) is 6.67. The molecule has 0 saturated heterocycles. The molecule has 0 heterocycles. The van der Waals surface area contributed by atoms with Gasteiger partial charge in [0.15, 0.2) is 0 Å². The summed E-state index contributed by atoms with van der Waals surface area (Å²) >= 11 is 0. The number of halogens is 1. The van der Waals surface area contributed by atoms with Gasteiger partial charge in [-0.3, -0.25) is 9.59 Å². The molecule has 2 amide bonds. The fraction of sp³-hybridized carbons (Fsp3) is 0.286. The molecule has 0 radical (unpaired) electrons. The molecule has 0 fully saturated rings. The van der Waals surface area contributed by atoms with Crippen LogP contribution in [0.25, 0.3) is 0 Å². The van der Waals surface area contributed by atoms with E-state index in [1.165, 1.54) is 41.8 Å². The highest BCUT2D eigenvalue weighted by Gasteiger charge is 2.15. The molecule has 0 spiro atoms. The maximum atomic E-state index is 12.9. The summed E-state index contributed by atoms with van der Waals surface area (Å²) in [6.07, 6.45) is 4.43. The largest absolute Gasteiger partial charge is 0.325 e. The van der Waals surface area contributed by atoms with Crippen LogP contribution in [0.4, 0.5) is 10.1 Å². The van der Waals surface area contributed by atoms with Gasteiger partial charge in [0.2, 0.25) is 5.91 Å². The summed E-state index contributed by atoms with van der Waals surface area (Å²) in [5.41, 5.74) is 6.54. The first-order valence-electron chi connectivity index (χ1n) is 9.02. The van der Waals surface area contributed by atoms with E-state index in [0.29, 0.717) is 11.3 Å². The minimum atomic E-state index is -0.452. The van der Waals surface area contributed by atoms with Gasteiger partial charge in [0, 0.05) is 17.0 Å². The molecular formula is C21H22FN3O2. The third kappa shape index (κ3) is 5.00. The molecule has 2 aromatic carbocycles. The van der Waals surface area contributed by atoms with Gasteiger partial charge < -0.3 is 5.32 Å². The second-order valence-electron chi connectivity index (χ2n) is 6.67. The van der Waals surface area contributed by atoms with E-state index in [1.807, 2.05) is 12.1 Å². The lowest BCUT2D eigenvalue weighted by Crippen LogP contribution is -2.22. The molecule has 27 heavy (non-hydrogen) atoms. The van der Waals surface area contributed by atoms with E-state index in [2.05, 4.69) is 21.9 Å². The number of hydrogen-bond donors (Lipinski definition) is 2. The third-order valence-corrected chi connectivity index (χ3v) is 4.54. The summed E-state index contributed by atoms with van der Waals surface area (Å²) in [5.74, 6) is -1.04. The van der Waals surface area contributed by atoms with Crippen LogP contribution in [-0.2, 0) is 17.6 Å². The van der Waals surface area contributed by atoms with E-state index < -0.39 is 11.7 Å². The topological polar surface area (TPSA) is 70.6 Å². The van der Waals surface area contributed by atoms with E-state index in [0.717, 1.165) is 24.9 Å². The van der Waals surface area contributed by atoms with Crippen molar-refractivity contribution in [3.8, 4) is 0 Å². The average Bonchev–Trinajstić information content (AvgIpc) is 2.67. The number of hydrogen-bond acceptors (Lipinski definition) is 3. The first kappa shape index (κ1) is 18.8. The monoisotopic (exact) mass is 367 g/mol. The van der Waals surface area contributed by atoms with Gasteiger partial charge in [0.25, 0.3) is 5.91 Å². The van der Waals surface area contributed by atoms with Crippen LogP contribution in [0.2, 0.25) is 0 Å². The minimum Gasteiger partial charge on any atom is -0.325 e. The first-order valence-corrected chi connectivity index (χ1v) is 9.02. The smallest absolute Gasteiger partial charge is 0.271 e. The quantitative estimate of drug-likeness (QED) is 0.623. The number of carbonyl (C=O) groups excluding carboxylic acids is 2. The Kier molecular flexibility index (Phi) is 5.96. The van der Waals surface area contributed by atoms with Crippen LogP contribution >= 0.6 is 0 Å². The molecule has 5 nitrogen and oxygen atoms in total. The van der Waals surface area contributed by atoms with Gasteiger partial charge in [-0.25, -0.2) is 9.82 Å². The maximum Gasteiger partial charge on any atom is 0.271 e. The molecule has 0 atom stereocenters. The Morgan fingerprint density at radius 2 is 1.81 bits per heavy atom. The van der Waals surface area contributed by atoms with Gasteiger partial charge in [0.1, 0.15) is 5.82 Å². The zero-order chi connectivity index (χ0) is 19.2. The molecule has 2 aromatic rings. The van der Waals surface area contributed by atoms with Gasteiger partial charge in [0.05, 0.1) is 6.42 Å². The zero-order valence-electron chi connectivity index (χ0n) is 15.2. The highest BCUT2D eigenvalue weighted by Crippen LogP contribution is 2.27. The summed E-state index contributed by atoms with van der Waals surface area (Å²) in [6, 6.07) is 11.2. The lowest BCUT2D eigenvalue weighted by Gasteiger charge is -2.19. The van der Waals surface area contributed by atoms with Crippen LogP contribution in [0.5, 0.6) is 0 Å². The number of hydrazone groups is 1. The van der Waals surface area contributed by atoms with Crippen LogP contribution in [0.1, 0.15) is 47.7 Å². The van der Waals surface area contributed by atoms with E-state index in [1.54, 1.807) is 6.92 Å². The molecular weight excluding hydrogens is 345 g/mol. The number of benzene rings is 2. The number of amides is 2. The summed E-state index contributed by atoms with van der Waals surface area (Å²) in [6.45, 7) is 1.67. The molecule has 1 aliphatic carbocycles. The highest BCUT2D eigenvalue weighted by atomic mass is 19.1. The van der Waals surface area contributed by atoms with Crippen LogP contribution in [0.15, 0.2) is 47.6 Å². The van der Waals surface area contributed by atoms with Crippen LogP contribution in [0, 0.1) is 5.82 Å². The van der Waals surface area contributed by atoms with Crippen molar-refractivity contribution in [3.05, 3.63) is 65.0 Å². The summed E-state index contributed by atoms with van der Waals surface area (Å²) < 4.78 is 12.9. The molecule has 140 valence electrons. The highest BCUT2D eigenvalue weighted by molar-refractivity contribution is 6.06. The van der Waals surface area contributed by atoms with Crippen molar-refractivity contribution in [1.29, 1.82) is 0 Å². The summed E-state index contributed by atoms with van der Waals surface area (Å²) in [7, 11) is 0. The van der Waals surface area contributed by atoms with Gasteiger partial charge >= 0.3 is 0 Å². The van der Waals surface area contributed by atoms with Gasteiger partial charge in [-0.1, -0.05) is 12.1 Å². The number of anilines is 1. The Morgan fingerprint density at radius 3 is 2.59 bits per heavy atom. The number of nitrogens with zero attached hydrogens (tertiary/aromatic N) is 1. The predicted molar refractivity (Wildman–Crippen MR) is 103 cm³/mol. The van der Waals surface area contributed by atoms with Crippen molar-refractivity contribution >= 4 is 23.2 Å². The van der Waals surface area contributed by atoms with Crippen molar-refractivity contribution in [1.82, 2.24) is 5.43 Å². The second kappa shape index (κ2) is 8.58. The van der Waals surface area contributed by atoms with Crippen molar-refractivity contribution in [2.24, 2.45) is 5.10 Å². The number of carbonyl (C=O) groups is 2. The molecule has 0 aliphatic heterocycles. The minimum absolute atomic E-state index is 0.0768. The molecule has 0 unspecified atom stereocenters. The molecule has 6 heteroatoms. The van der Waals surface area contributed by atoms with Crippen molar-refractivity contribution < 1.29 is 14.0 Å². The van der Waals surface area contributed by atoms with Crippen molar-refractivity contribution in [3.63, 3.8) is 0 Å². The lowest BCUT2D eigenvalue weighted by atomic mass is 9.90. The molecule has 2 N–H and O–H groups in total. The predicted octanol–water partition coefficient (Wildman–Crippen LogP) is 3.84. The van der Waals surface area contributed by atoms with Crippen LogP contribution < -0.4 is 10.7 Å². The Hall–Kier alpha value is -3.02. The first-order chi connectivity index (χ1) is 13.0. The maximum absolute atomic E-state index is 12.9. The van der Waals surface area contributed by atoms with Crippen LogP contribution in [-0.4, -0.2) is 17.5 Å². The van der Waals surface area contributed by atoms with Gasteiger partial charge in [-0.05, 0) is 74.1 Å². The Morgan fingerprint density at radius 1 is 1.07 bits per heavy atom. The standard InChI is InChI=1S/C21H22FN3O2/c1-14(24-25-21(27)16-9-11-17(22)12-10-16)13-20(26)23-19-8-4-6-15-5-2-3-7-18(15)19/h4,6,8-12H,2-3,5,7,13H2,1H3,(H,23,26)(H,25,27)/b24-14+. The van der Waals surface area contributed by atoms with E-state index in [-0.39, 0.29) is 12.3 Å². The average molecular weight is 367 g/mol. The van der Waals surface area contributed by atoms with Crippen LogP contribution in [0.3, 0.4) is 0 Å². The van der Waals surface area contributed by atoms with E-state index in [9.17, 15) is 14.0 Å². The number of fused-ring (bicyclic) bond motifs is 1. The van der Waals surface area contributed by atoms with Gasteiger partial charge in [-0.2, -0.15) is 5.10 Å². The Balaban J connectivity index is 1.57. The molecule has 0 saturated carbocycles. The zero-order valence-corrected chi connectivity index (χ0v) is 15.2. The van der Waals surface area contributed by atoms with E-state index >= 15 is 0 Å². The normalized spacial score (nSPS) is 13.6. The van der Waals surface area contributed by atoms with Crippen molar-refractivity contribution in [2.45, 2.75) is 39.0 Å². The Bertz CT molecular complexity index is 875. The lowest BCUT2D eigenvalue weighted by molar-refractivity contribution is -0.115. The fourth-order valence-electron chi connectivity index (χ4n) is 3.18. The Labute approximate surface area is 157 Å².